The standard InChI is InChI=1S/C52H39N/c1-51(2)44-28-25-32-15-5-6-16-34(32)50(44)43-31-46-42(30-47(43)51)39-27-26-33(29-45(39)52(46,3)4)53-48-23-13-11-21-40(48)37-19-9-7-17-35(37)36-18-8-10-20-38(36)41-22-12-14-24-49(41)53/h5-31H,1-4H3. The Kier molecular flexibility index (Phi) is 6.14. The quantitative estimate of drug-likeness (QED) is 0.163. The summed E-state index contributed by atoms with van der Waals surface area (Å²) in [5.41, 5.74) is 14.4. The van der Waals surface area contributed by atoms with Crippen molar-refractivity contribution in [2.24, 2.45) is 0 Å². The summed E-state index contributed by atoms with van der Waals surface area (Å²) in [6.07, 6.45) is 0. The Morgan fingerprint density at radius 2 is 0.792 bits per heavy atom. The minimum Gasteiger partial charge on any atom is -0.309 e. The highest BCUT2D eigenvalue weighted by molar-refractivity contribution is 6.19. The minimum absolute atomic E-state index is 0.0837. The van der Waals surface area contributed by atoms with Crippen LogP contribution < -0.4 is 0 Å². The molecule has 0 radical (unpaired) electrons. The van der Waals surface area contributed by atoms with Crippen LogP contribution >= 0.6 is 0 Å². The van der Waals surface area contributed by atoms with Crippen molar-refractivity contribution in [3.8, 4) is 27.9 Å². The van der Waals surface area contributed by atoms with Gasteiger partial charge in [-0.3, -0.25) is 0 Å². The van der Waals surface area contributed by atoms with E-state index in [1.165, 1.54) is 104 Å². The Labute approximate surface area is 310 Å². The lowest BCUT2D eigenvalue weighted by Crippen LogP contribution is -2.17. The van der Waals surface area contributed by atoms with Crippen molar-refractivity contribution in [2.75, 3.05) is 0 Å². The molecule has 1 aromatic heterocycles. The smallest absolute Gasteiger partial charge is 0.0540 e. The first-order chi connectivity index (χ1) is 25.8. The number of rotatable bonds is 1. The maximum atomic E-state index is 2.54. The summed E-state index contributed by atoms with van der Waals surface area (Å²) in [7, 11) is 0. The van der Waals surface area contributed by atoms with E-state index in [1.54, 1.807) is 0 Å². The highest BCUT2D eigenvalue weighted by atomic mass is 15.0. The summed E-state index contributed by atoms with van der Waals surface area (Å²) in [6.45, 7) is 9.65. The number of hydrogen-bond donors (Lipinski definition) is 0. The first-order valence-electron chi connectivity index (χ1n) is 18.9. The van der Waals surface area contributed by atoms with Crippen LogP contribution in [-0.2, 0) is 10.8 Å². The van der Waals surface area contributed by atoms with Gasteiger partial charge < -0.3 is 4.57 Å². The van der Waals surface area contributed by atoms with E-state index in [9.17, 15) is 0 Å². The summed E-state index contributed by atoms with van der Waals surface area (Å²) in [4.78, 5) is 0. The van der Waals surface area contributed by atoms with E-state index in [0.29, 0.717) is 0 Å². The highest BCUT2D eigenvalue weighted by Crippen LogP contribution is 2.57. The highest BCUT2D eigenvalue weighted by Gasteiger charge is 2.42. The molecule has 2 aliphatic rings. The van der Waals surface area contributed by atoms with Crippen LogP contribution in [0.1, 0.15) is 49.9 Å². The molecule has 252 valence electrons. The van der Waals surface area contributed by atoms with Crippen molar-refractivity contribution < 1.29 is 0 Å². The van der Waals surface area contributed by atoms with Crippen LogP contribution in [0, 0.1) is 0 Å². The molecule has 0 unspecified atom stereocenters. The number of hydrogen-bond acceptors (Lipinski definition) is 0. The normalized spacial score (nSPS) is 14.7. The van der Waals surface area contributed by atoms with Gasteiger partial charge in [0.05, 0.1) is 11.0 Å². The average molecular weight is 678 g/mol. The third-order valence-corrected chi connectivity index (χ3v) is 12.6. The molecule has 0 saturated carbocycles. The summed E-state index contributed by atoms with van der Waals surface area (Å²) in [5.74, 6) is 0. The van der Waals surface area contributed by atoms with Gasteiger partial charge in [0.25, 0.3) is 0 Å². The van der Waals surface area contributed by atoms with Crippen molar-refractivity contribution in [3.63, 3.8) is 0 Å². The molecule has 2 aliphatic carbocycles. The Morgan fingerprint density at radius 3 is 1.42 bits per heavy atom. The van der Waals surface area contributed by atoms with E-state index in [1.807, 2.05) is 0 Å². The molecule has 0 amide bonds. The van der Waals surface area contributed by atoms with Crippen molar-refractivity contribution in [1.29, 1.82) is 0 Å². The zero-order valence-electron chi connectivity index (χ0n) is 30.5. The van der Waals surface area contributed by atoms with Gasteiger partial charge in [0.2, 0.25) is 0 Å². The van der Waals surface area contributed by atoms with Gasteiger partial charge in [-0.15, -0.1) is 0 Å². The topological polar surface area (TPSA) is 4.93 Å². The Balaban J connectivity index is 1.22. The van der Waals surface area contributed by atoms with Gasteiger partial charge in [0.15, 0.2) is 0 Å². The first kappa shape index (κ1) is 30.4. The molecule has 1 nitrogen and oxygen atoms in total. The maximum absolute atomic E-state index is 2.54. The summed E-state index contributed by atoms with van der Waals surface area (Å²) >= 11 is 0. The van der Waals surface area contributed by atoms with Gasteiger partial charge >= 0.3 is 0 Å². The van der Waals surface area contributed by atoms with Crippen molar-refractivity contribution in [2.45, 2.75) is 38.5 Å². The molecule has 0 N–H and O–H groups in total. The predicted molar refractivity (Wildman–Crippen MR) is 226 cm³/mol. The number of nitrogens with zero attached hydrogens (tertiary/aromatic N) is 1. The van der Waals surface area contributed by atoms with Crippen molar-refractivity contribution in [3.05, 3.63) is 186 Å². The van der Waals surface area contributed by atoms with Crippen LogP contribution in [0.2, 0.25) is 0 Å². The number of para-hydroxylation sites is 2. The van der Waals surface area contributed by atoms with E-state index in [4.69, 9.17) is 0 Å². The molecule has 0 fully saturated rings. The molecule has 8 aromatic carbocycles. The second kappa shape index (κ2) is 10.7. The van der Waals surface area contributed by atoms with Crippen LogP contribution in [0.15, 0.2) is 164 Å². The minimum atomic E-state index is -0.189. The van der Waals surface area contributed by atoms with Gasteiger partial charge in [-0.1, -0.05) is 155 Å². The van der Waals surface area contributed by atoms with Crippen molar-refractivity contribution in [1.82, 2.24) is 4.57 Å². The SMILES string of the molecule is CC1(C)c2cc(-n3c4ccccc4c4ccccc4c4ccccc4c4ccccc43)ccc2-c2cc3c(cc21)-c1c(ccc2ccccc12)C3(C)C. The zero-order chi connectivity index (χ0) is 35.6. The first-order valence-corrected chi connectivity index (χ1v) is 18.9. The Bertz CT molecular complexity index is 3010. The number of benzene rings is 8. The molecule has 0 atom stereocenters. The van der Waals surface area contributed by atoms with Crippen molar-refractivity contribution >= 4 is 54.1 Å². The molecule has 53 heavy (non-hydrogen) atoms. The second-order valence-corrected chi connectivity index (χ2v) is 16.1. The van der Waals surface area contributed by atoms with Crippen LogP contribution in [0.3, 0.4) is 0 Å². The lowest BCUT2D eigenvalue weighted by atomic mass is 9.79. The molecular formula is C52H39N. The van der Waals surface area contributed by atoms with Gasteiger partial charge in [-0.2, -0.15) is 0 Å². The molecule has 1 heterocycles. The molecule has 0 bridgehead atoms. The van der Waals surface area contributed by atoms with Gasteiger partial charge in [0, 0.05) is 27.3 Å². The fourth-order valence-corrected chi connectivity index (χ4v) is 9.97. The summed E-state index contributed by atoms with van der Waals surface area (Å²) < 4.78 is 2.51. The molecule has 0 saturated heterocycles. The lowest BCUT2D eigenvalue weighted by Gasteiger charge is -2.24. The zero-order valence-corrected chi connectivity index (χ0v) is 30.5. The lowest BCUT2D eigenvalue weighted by molar-refractivity contribution is 0.652. The molecule has 0 aliphatic heterocycles. The fourth-order valence-electron chi connectivity index (χ4n) is 9.97. The van der Waals surface area contributed by atoms with E-state index < -0.39 is 0 Å². The van der Waals surface area contributed by atoms with Gasteiger partial charge in [-0.05, 0) is 113 Å². The summed E-state index contributed by atoms with van der Waals surface area (Å²) in [6, 6.07) is 61.5. The van der Waals surface area contributed by atoms with E-state index in [-0.39, 0.29) is 10.8 Å². The fraction of sp³-hybridized carbons (Fsp3) is 0.115. The Hall–Kier alpha value is -6.18. The second-order valence-electron chi connectivity index (χ2n) is 16.1. The largest absolute Gasteiger partial charge is 0.309 e. The molecule has 11 rings (SSSR count). The van der Waals surface area contributed by atoms with Crippen LogP contribution in [0.5, 0.6) is 0 Å². The third-order valence-electron chi connectivity index (χ3n) is 12.6. The molecular weight excluding hydrogens is 639 g/mol. The third kappa shape index (κ3) is 4.08. The predicted octanol–water partition coefficient (Wildman–Crippen LogP) is 14.0. The van der Waals surface area contributed by atoms with E-state index >= 15 is 0 Å². The Morgan fingerprint density at radius 1 is 0.340 bits per heavy atom. The molecule has 0 spiro atoms. The molecule has 9 aromatic rings. The van der Waals surface area contributed by atoms with E-state index in [2.05, 4.69) is 196 Å². The average Bonchev–Trinajstić information content (AvgIpc) is 3.57. The molecule has 1 heteroatoms. The van der Waals surface area contributed by atoms with E-state index in [0.717, 1.165) is 0 Å². The van der Waals surface area contributed by atoms with Crippen LogP contribution in [-0.4, -0.2) is 4.57 Å². The number of aromatic nitrogens is 1. The van der Waals surface area contributed by atoms with Gasteiger partial charge in [-0.25, -0.2) is 0 Å². The summed E-state index contributed by atoms with van der Waals surface area (Å²) in [5, 5.41) is 10.1. The maximum Gasteiger partial charge on any atom is 0.0540 e. The number of fused-ring (bicyclic) bond motifs is 15. The van der Waals surface area contributed by atoms with Crippen LogP contribution in [0.4, 0.5) is 0 Å². The van der Waals surface area contributed by atoms with Gasteiger partial charge in [0.1, 0.15) is 0 Å². The monoisotopic (exact) mass is 677 g/mol. The van der Waals surface area contributed by atoms with Crippen LogP contribution in [0.25, 0.3) is 82.1 Å².